The second kappa shape index (κ2) is 5.62. The third-order valence-electron chi connectivity index (χ3n) is 3.76. The maximum atomic E-state index is 12.9. The summed E-state index contributed by atoms with van der Waals surface area (Å²) in [5.41, 5.74) is -0.434. The Bertz CT molecular complexity index is 1120. The number of hydrogen-bond donors (Lipinski definition) is 2. The fourth-order valence-electron chi connectivity index (χ4n) is 2.66. The average molecular weight is 354 g/mol. The molecule has 0 saturated carbocycles. The quantitative estimate of drug-likeness (QED) is 0.387. The van der Waals surface area contributed by atoms with E-state index >= 15 is 0 Å². The Labute approximate surface area is 144 Å². The minimum Gasteiger partial charge on any atom is -0.508 e. The van der Waals surface area contributed by atoms with Crippen LogP contribution in [0.5, 0.6) is 23.0 Å². The van der Waals surface area contributed by atoms with E-state index in [1.807, 2.05) is 0 Å². The van der Waals surface area contributed by atoms with E-state index in [1.54, 1.807) is 0 Å². The summed E-state index contributed by atoms with van der Waals surface area (Å²) >= 11 is 0. The highest BCUT2D eigenvalue weighted by atomic mass is 16.6. The highest BCUT2D eigenvalue weighted by molar-refractivity contribution is 5.98. The monoisotopic (exact) mass is 354 g/mol. The van der Waals surface area contributed by atoms with E-state index in [1.165, 1.54) is 30.3 Å². The van der Waals surface area contributed by atoms with Gasteiger partial charge in [0.15, 0.2) is 5.76 Å². The molecule has 26 heavy (non-hydrogen) atoms. The lowest BCUT2D eigenvalue weighted by Gasteiger charge is -2.10. The number of carbonyl (C=O) groups is 2. The minimum absolute atomic E-state index is 0.00715. The molecule has 0 saturated heterocycles. The zero-order chi connectivity index (χ0) is 18.4. The topological polar surface area (TPSA) is 123 Å². The van der Waals surface area contributed by atoms with E-state index < -0.39 is 29.5 Å². The van der Waals surface area contributed by atoms with Gasteiger partial charge < -0.3 is 24.1 Å². The van der Waals surface area contributed by atoms with Crippen molar-refractivity contribution in [2.45, 2.75) is 6.42 Å². The van der Waals surface area contributed by atoms with Gasteiger partial charge in [0.1, 0.15) is 34.6 Å². The van der Waals surface area contributed by atoms with Crippen molar-refractivity contribution >= 4 is 22.9 Å². The van der Waals surface area contributed by atoms with E-state index in [-0.39, 0.29) is 34.0 Å². The third kappa shape index (κ3) is 2.53. The maximum Gasteiger partial charge on any atom is 0.322 e. The molecule has 0 amide bonds. The van der Waals surface area contributed by atoms with Crippen molar-refractivity contribution in [3.8, 4) is 34.3 Å². The molecule has 3 aromatic rings. The maximum absolute atomic E-state index is 12.9. The summed E-state index contributed by atoms with van der Waals surface area (Å²) in [6.07, 6.45) is -0.718. The number of phenolic OH excluding ortho intramolecular Hbond substituents is 2. The van der Waals surface area contributed by atoms with Crippen LogP contribution in [0.4, 0.5) is 0 Å². The standard InChI is InChI=1S/C18H10O8/c19-9-3-1-8(2-4-9)17-18-16(23)15-11(5-10(20)6-12(15)25-17)24-13(21)7-14(22)26-18/h1-6,19-20H,7H2. The molecule has 0 fully saturated rings. The molecule has 1 aliphatic heterocycles. The number of carbonyl (C=O) groups excluding carboxylic acids is 2. The predicted molar refractivity (Wildman–Crippen MR) is 87.1 cm³/mol. The van der Waals surface area contributed by atoms with Gasteiger partial charge in [-0.05, 0) is 24.3 Å². The van der Waals surface area contributed by atoms with Crippen molar-refractivity contribution in [3.63, 3.8) is 0 Å². The smallest absolute Gasteiger partial charge is 0.322 e. The largest absolute Gasteiger partial charge is 0.508 e. The van der Waals surface area contributed by atoms with Crippen LogP contribution >= 0.6 is 0 Å². The number of phenols is 2. The summed E-state index contributed by atoms with van der Waals surface area (Å²) < 4.78 is 15.8. The first-order valence-electron chi connectivity index (χ1n) is 7.47. The van der Waals surface area contributed by atoms with E-state index in [0.717, 1.165) is 6.07 Å². The molecule has 0 unspecified atom stereocenters. The number of ether oxygens (including phenoxy) is 2. The van der Waals surface area contributed by atoms with Gasteiger partial charge in [-0.25, -0.2) is 0 Å². The molecule has 0 aliphatic carbocycles. The molecule has 8 heteroatoms. The van der Waals surface area contributed by atoms with Gasteiger partial charge in [0.2, 0.25) is 11.2 Å². The molecule has 2 bridgehead atoms. The van der Waals surface area contributed by atoms with Gasteiger partial charge in [0.05, 0.1) is 0 Å². The minimum atomic E-state index is -0.987. The van der Waals surface area contributed by atoms with Gasteiger partial charge in [-0.3, -0.25) is 14.4 Å². The summed E-state index contributed by atoms with van der Waals surface area (Å²) in [6.45, 7) is 0. The normalized spacial score (nSPS) is 13.7. The van der Waals surface area contributed by atoms with Crippen LogP contribution in [-0.2, 0) is 9.59 Å². The van der Waals surface area contributed by atoms with Crippen LogP contribution in [0.1, 0.15) is 6.42 Å². The van der Waals surface area contributed by atoms with Gasteiger partial charge in [-0.1, -0.05) is 0 Å². The first-order chi connectivity index (χ1) is 12.4. The highest BCUT2D eigenvalue weighted by Crippen LogP contribution is 2.37. The van der Waals surface area contributed by atoms with Crippen LogP contribution in [-0.4, -0.2) is 22.2 Å². The Hall–Kier alpha value is -3.81. The average Bonchev–Trinajstić information content (AvgIpc) is 2.60. The fraction of sp³-hybridized carbons (Fsp3) is 0.0556. The zero-order valence-electron chi connectivity index (χ0n) is 13.0. The zero-order valence-corrected chi connectivity index (χ0v) is 13.0. The lowest BCUT2D eigenvalue weighted by molar-refractivity contribution is -0.144. The summed E-state index contributed by atoms with van der Waals surface area (Å²) in [7, 11) is 0. The lowest BCUT2D eigenvalue weighted by Crippen LogP contribution is -2.18. The Balaban J connectivity index is 2.09. The summed E-state index contributed by atoms with van der Waals surface area (Å²) in [5.74, 6) is -2.93. The number of rotatable bonds is 1. The first kappa shape index (κ1) is 15.7. The van der Waals surface area contributed by atoms with Crippen LogP contribution in [0, 0.1) is 0 Å². The molecular weight excluding hydrogens is 344 g/mol. The van der Waals surface area contributed by atoms with Crippen LogP contribution in [0.25, 0.3) is 22.3 Å². The van der Waals surface area contributed by atoms with Crippen molar-refractivity contribution in [1.29, 1.82) is 0 Å². The summed E-state index contributed by atoms with van der Waals surface area (Å²) in [6, 6.07) is 7.91. The molecule has 2 heterocycles. The van der Waals surface area contributed by atoms with Gasteiger partial charge in [0, 0.05) is 17.7 Å². The molecular formula is C18H10O8. The molecule has 2 N–H and O–H groups in total. The van der Waals surface area contributed by atoms with Crippen LogP contribution < -0.4 is 14.9 Å². The number of benzene rings is 2. The second-order valence-corrected chi connectivity index (χ2v) is 5.58. The highest BCUT2D eigenvalue weighted by Gasteiger charge is 2.27. The van der Waals surface area contributed by atoms with Crippen LogP contribution in [0.15, 0.2) is 45.6 Å². The molecule has 2 aromatic carbocycles. The third-order valence-corrected chi connectivity index (χ3v) is 3.76. The van der Waals surface area contributed by atoms with E-state index in [9.17, 15) is 24.6 Å². The van der Waals surface area contributed by atoms with Crippen LogP contribution in [0.3, 0.4) is 0 Å². The SMILES string of the molecule is O=C1CC(=O)Oc2cc(O)cc3oc(-c4ccc(O)cc4)c(c(=O)c23)O1. The molecule has 130 valence electrons. The molecule has 1 aromatic heterocycles. The van der Waals surface area contributed by atoms with Crippen molar-refractivity contribution in [2.24, 2.45) is 0 Å². The second-order valence-electron chi connectivity index (χ2n) is 5.58. The van der Waals surface area contributed by atoms with Gasteiger partial charge in [-0.2, -0.15) is 0 Å². The van der Waals surface area contributed by atoms with Crippen molar-refractivity contribution < 1.29 is 33.7 Å². The number of hydrogen-bond acceptors (Lipinski definition) is 8. The van der Waals surface area contributed by atoms with Crippen molar-refractivity contribution in [1.82, 2.24) is 0 Å². The first-order valence-corrected chi connectivity index (χ1v) is 7.47. The van der Waals surface area contributed by atoms with Crippen molar-refractivity contribution in [3.05, 3.63) is 46.6 Å². The van der Waals surface area contributed by atoms with E-state index in [2.05, 4.69) is 0 Å². The summed E-state index contributed by atoms with van der Waals surface area (Å²) in [5, 5.41) is 19.1. The Morgan fingerprint density at radius 3 is 2.27 bits per heavy atom. The Kier molecular flexibility index (Phi) is 3.40. The number of aromatic hydroxyl groups is 2. The number of esters is 2. The van der Waals surface area contributed by atoms with E-state index in [0.29, 0.717) is 5.56 Å². The molecule has 8 nitrogen and oxygen atoms in total. The molecule has 0 spiro atoms. The Morgan fingerprint density at radius 2 is 1.54 bits per heavy atom. The van der Waals surface area contributed by atoms with Gasteiger partial charge in [-0.15, -0.1) is 0 Å². The van der Waals surface area contributed by atoms with Gasteiger partial charge in [0.25, 0.3) is 0 Å². The fourth-order valence-corrected chi connectivity index (χ4v) is 2.66. The molecule has 4 rings (SSSR count). The van der Waals surface area contributed by atoms with Gasteiger partial charge >= 0.3 is 11.9 Å². The van der Waals surface area contributed by atoms with Crippen molar-refractivity contribution in [2.75, 3.05) is 0 Å². The van der Waals surface area contributed by atoms with Crippen LogP contribution in [0.2, 0.25) is 0 Å². The molecule has 0 atom stereocenters. The summed E-state index contributed by atoms with van der Waals surface area (Å²) in [4.78, 5) is 36.6. The number of fused-ring (bicyclic) bond motifs is 1. The predicted octanol–water partition coefficient (Wildman–Crippen LogP) is 2.09. The molecule has 1 aliphatic rings. The molecule has 0 radical (unpaired) electrons. The van der Waals surface area contributed by atoms with E-state index in [4.69, 9.17) is 13.9 Å². The lowest BCUT2D eigenvalue weighted by atomic mass is 10.1. The Morgan fingerprint density at radius 1 is 0.846 bits per heavy atom.